The van der Waals surface area contributed by atoms with E-state index in [1.54, 1.807) is 0 Å². The molecule has 2 nitrogen and oxygen atoms in total. The quantitative estimate of drug-likeness (QED) is 0.510. The normalized spacial score (nSPS) is 10.3. The lowest BCUT2D eigenvalue weighted by Gasteiger charge is -2.04. The zero-order valence-corrected chi connectivity index (χ0v) is 7.83. The van der Waals surface area contributed by atoms with Crippen LogP contribution < -0.4 is 4.57 Å². The van der Waals surface area contributed by atoms with Crippen LogP contribution in [0.3, 0.4) is 0 Å². The van der Waals surface area contributed by atoms with E-state index in [1.165, 1.54) is 0 Å². The molecule has 64 valence electrons. The molecule has 0 fully saturated rings. The highest BCUT2D eigenvalue weighted by molar-refractivity contribution is 5.92. The summed E-state index contributed by atoms with van der Waals surface area (Å²) in [6.45, 7) is 6.05. The van der Waals surface area contributed by atoms with E-state index in [0.29, 0.717) is 11.8 Å². The van der Waals surface area contributed by atoms with Crippen molar-refractivity contribution in [3.63, 3.8) is 0 Å². The van der Waals surface area contributed by atoms with Crippen LogP contribution in [0, 0.1) is 5.41 Å². The first-order chi connectivity index (χ1) is 5.63. The molecule has 2 heteroatoms. The lowest BCUT2D eigenvalue weighted by atomic mass is 10.2. The zero-order valence-electron chi connectivity index (χ0n) is 7.83. The predicted octanol–water partition coefficient (Wildman–Crippen LogP) is 1.94. The van der Waals surface area contributed by atoms with E-state index >= 15 is 0 Å². The molecular weight excluding hydrogens is 148 g/mol. The Morgan fingerprint density at radius 1 is 1.42 bits per heavy atom. The highest BCUT2D eigenvalue weighted by Gasteiger charge is 2.13. The zero-order chi connectivity index (χ0) is 9.14. The smallest absolute Gasteiger partial charge is 0.226 e. The number of hydrogen-bond acceptors (Lipinski definition) is 1. The molecule has 0 saturated carbocycles. The Balaban J connectivity index is 3.17. The molecule has 1 N–H and O–H groups in total. The van der Waals surface area contributed by atoms with Crippen molar-refractivity contribution in [1.29, 1.82) is 5.41 Å². The Kier molecular flexibility index (Phi) is 2.58. The van der Waals surface area contributed by atoms with E-state index in [1.807, 2.05) is 31.3 Å². The van der Waals surface area contributed by atoms with E-state index in [4.69, 9.17) is 5.41 Å². The maximum atomic E-state index is 7.55. The molecule has 0 atom stereocenters. The van der Waals surface area contributed by atoms with Gasteiger partial charge in [0.05, 0.1) is 5.71 Å². The van der Waals surface area contributed by atoms with E-state index in [0.717, 1.165) is 5.69 Å². The number of aromatic nitrogens is 1. The SMILES string of the molecule is CC(=N)c1cccc[n+]1C(C)C. The van der Waals surface area contributed by atoms with Gasteiger partial charge in [-0.2, -0.15) is 4.57 Å². The second kappa shape index (κ2) is 3.48. The summed E-state index contributed by atoms with van der Waals surface area (Å²) in [4.78, 5) is 0. The molecule has 0 spiro atoms. The van der Waals surface area contributed by atoms with Crippen molar-refractivity contribution in [1.82, 2.24) is 0 Å². The second-order valence-corrected chi connectivity index (χ2v) is 3.21. The van der Waals surface area contributed by atoms with Crippen molar-refractivity contribution < 1.29 is 4.57 Å². The first-order valence-electron chi connectivity index (χ1n) is 4.18. The summed E-state index contributed by atoms with van der Waals surface area (Å²) in [6.07, 6.45) is 2.01. The summed E-state index contributed by atoms with van der Waals surface area (Å²) in [5.74, 6) is 0. The number of hydrogen-bond donors (Lipinski definition) is 1. The average Bonchev–Trinajstić information content (AvgIpc) is 2.04. The third-order valence-electron chi connectivity index (χ3n) is 1.83. The van der Waals surface area contributed by atoms with Crippen LogP contribution in [-0.4, -0.2) is 5.71 Å². The molecule has 1 aromatic heterocycles. The van der Waals surface area contributed by atoms with Crippen molar-refractivity contribution in [2.24, 2.45) is 0 Å². The van der Waals surface area contributed by atoms with Gasteiger partial charge < -0.3 is 0 Å². The molecule has 0 saturated heterocycles. The molecule has 0 aliphatic heterocycles. The van der Waals surface area contributed by atoms with Crippen LogP contribution in [0.25, 0.3) is 0 Å². The molecule has 0 unspecified atom stereocenters. The number of rotatable bonds is 2. The van der Waals surface area contributed by atoms with Crippen molar-refractivity contribution in [2.45, 2.75) is 26.8 Å². The van der Waals surface area contributed by atoms with Gasteiger partial charge in [-0.25, -0.2) is 0 Å². The molecule has 0 aliphatic carbocycles. The van der Waals surface area contributed by atoms with Crippen LogP contribution in [0.15, 0.2) is 24.4 Å². The highest BCUT2D eigenvalue weighted by Crippen LogP contribution is 1.98. The van der Waals surface area contributed by atoms with E-state index in [2.05, 4.69) is 18.4 Å². The lowest BCUT2D eigenvalue weighted by molar-refractivity contribution is -0.717. The summed E-state index contributed by atoms with van der Waals surface area (Å²) in [7, 11) is 0. The van der Waals surface area contributed by atoms with Crippen LogP contribution in [0.4, 0.5) is 0 Å². The predicted molar refractivity (Wildman–Crippen MR) is 49.5 cm³/mol. The van der Waals surface area contributed by atoms with Gasteiger partial charge in [0.1, 0.15) is 0 Å². The fourth-order valence-electron chi connectivity index (χ4n) is 1.22. The highest BCUT2D eigenvalue weighted by atomic mass is 15.0. The number of pyridine rings is 1. The first-order valence-corrected chi connectivity index (χ1v) is 4.18. The van der Waals surface area contributed by atoms with Crippen molar-refractivity contribution in [2.75, 3.05) is 0 Å². The van der Waals surface area contributed by atoms with Crippen molar-refractivity contribution >= 4 is 5.71 Å². The summed E-state index contributed by atoms with van der Waals surface area (Å²) >= 11 is 0. The summed E-state index contributed by atoms with van der Waals surface area (Å²) in [5.41, 5.74) is 1.61. The second-order valence-electron chi connectivity index (χ2n) is 3.21. The Morgan fingerprint density at radius 2 is 2.08 bits per heavy atom. The minimum Gasteiger partial charge on any atom is -0.299 e. The van der Waals surface area contributed by atoms with Gasteiger partial charge in [-0.3, -0.25) is 5.41 Å². The Morgan fingerprint density at radius 3 is 2.50 bits per heavy atom. The monoisotopic (exact) mass is 163 g/mol. The number of nitrogens with zero attached hydrogens (tertiary/aromatic N) is 1. The topological polar surface area (TPSA) is 27.7 Å². The standard InChI is InChI=1S/C10H15N2/c1-8(2)12-7-5-4-6-10(12)9(3)11/h4-8,11H,1-3H3/q+1. The third kappa shape index (κ3) is 1.70. The molecule has 0 aromatic carbocycles. The Bertz CT molecular complexity index is 290. The van der Waals surface area contributed by atoms with Crippen LogP contribution >= 0.6 is 0 Å². The van der Waals surface area contributed by atoms with Gasteiger partial charge in [-0.15, -0.1) is 0 Å². The minimum atomic E-state index is 0.418. The largest absolute Gasteiger partial charge is 0.299 e. The lowest BCUT2D eigenvalue weighted by Crippen LogP contribution is -2.41. The summed E-state index contributed by atoms with van der Waals surface area (Å²) in [6, 6.07) is 6.35. The van der Waals surface area contributed by atoms with Crippen LogP contribution in [-0.2, 0) is 0 Å². The van der Waals surface area contributed by atoms with Crippen LogP contribution in [0.2, 0.25) is 0 Å². The Hall–Kier alpha value is -1.18. The van der Waals surface area contributed by atoms with Gasteiger partial charge in [0.25, 0.3) is 0 Å². The fourth-order valence-corrected chi connectivity index (χ4v) is 1.22. The molecule has 0 aliphatic rings. The van der Waals surface area contributed by atoms with Crippen molar-refractivity contribution in [3.8, 4) is 0 Å². The molecule has 1 heterocycles. The maximum absolute atomic E-state index is 7.55. The molecule has 1 rings (SSSR count). The average molecular weight is 163 g/mol. The van der Waals surface area contributed by atoms with E-state index in [-0.39, 0.29) is 0 Å². The van der Waals surface area contributed by atoms with Gasteiger partial charge >= 0.3 is 0 Å². The summed E-state index contributed by atoms with van der Waals surface area (Å²) < 4.78 is 2.10. The van der Waals surface area contributed by atoms with Crippen molar-refractivity contribution in [3.05, 3.63) is 30.1 Å². The molecule has 12 heavy (non-hydrogen) atoms. The van der Waals surface area contributed by atoms with Crippen LogP contribution in [0.5, 0.6) is 0 Å². The molecule has 0 bridgehead atoms. The van der Waals surface area contributed by atoms with Gasteiger partial charge in [0.2, 0.25) is 5.69 Å². The van der Waals surface area contributed by atoms with Gasteiger partial charge in [-0.1, -0.05) is 0 Å². The molecule has 1 aromatic rings. The number of nitrogens with one attached hydrogen (secondary N) is 1. The van der Waals surface area contributed by atoms with Gasteiger partial charge in [0, 0.05) is 12.1 Å². The van der Waals surface area contributed by atoms with Crippen LogP contribution in [0.1, 0.15) is 32.5 Å². The maximum Gasteiger partial charge on any atom is 0.226 e. The molecule has 0 amide bonds. The van der Waals surface area contributed by atoms with Gasteiger partial charge in [0.15, 0.2) is 12.2 Å². The fraction of sp³-hybridized carbons (Fsp3) is 0.400. The minimum absolute atomic E-state index is 0.418. The third-order valence-corrected chi connectivity index (χ3v) is 1.83. The van der Waals surface area contributed by atoms with Gasteiger partial charge in [-0.05, 0) is 26.8 Å². The molecular formula is C10H15N2+. The van der Waals surface area contributed by atoms with E-state index < -0.39 is 0 Å². The first kappa shape index (κ1) is 8.91. The molecule has 0 radical (unpaired) electrons. The summed E-state index contributed by atoms with van der Waals surface area (Å²) in [5, 5.41) is 7.55. The Labute approximate surface area is 73.4 Å². The van der Waals surface area contributed by atoms with E-state index in [9.17, 15) is 0 Å².